The lowest BCUT2D eigenvalue weighted by molar-refractivity contribution is 0.535. The highest BCUT2D eigenvalue weighted by molar-refractivity contribution is 7.86. The molecule has 0 saturated carbocycles. The van der Waals surface area contributed by atoms with Crippen LogP contribution in [0.25, 0.3) is 0 Å². The summed E-state index contributed by atoms with van der Waals surface area (Å²) in [5.41, 5.74) is 0. The summed E-state index contributed by atoms with van der Waals surface area (Å²) >= 11 is 0. The highest BCUT2D eigenvalue weighted by Crippen LogP contribution is 2.05. The first kappa shape index (κ1) is 7.88. The normalized spacial score (nSPS) is 15.9. The number of hydrogen-bond donors (Lipinski definition) is 0. The van der Waals surface area contributed by atoms with Crippen molar-refractivity contribution in [1.29, 1.82) is 0 Å². The molecule has 8 heavy (non-hydrogen) atoms. The molecule has 0 aromatic rings. The van der Waals surface area contributed by atoms with Crippen molar-refractivity contribution in [3.63, 3.8) is 0 Å². The van der Waals surface area contributed by atoms with Gasteiger partial charge in [0.1, 0.15) is 0 Å². The molecule has 0 N–H and O–H groups in total. The summed E-state index contributed by atoms with van der Waals surface area (Å²) < 4.78 is 31.5. The van der Waals surface area contributed by atoms with E-state index in [4.69, 9.17) is 0 Å². The van der Waals surface area contributed by atoms with Crippen LogP contribution in [-0.4, -0.2) is 13.7 Å². The van der Waals surface area contributed by atoms with Gasteiger partial charge in [0.05, 0.1) is 5.25 Å². The van der Waals surface area contributed by atoms with Crippen LogP contribution in [0.4, 0.5) is 3.89 Å². The molecule has 0 amide bonds. The van der Waals surface area contributed by atoms with E-state index < -0.39 is 15.5 Å². The summed E-state index contributed by atoms with van der Waals surface area (Å²) in [7, 11) is -4.25. The molecule has 0 aliphatic heterocycles. The van der Waals surface area contributed by atoms with Crippen LogP contribution >= 0.6 is 0 Å². The minimum atomic E-state index is -4.25. The Morgan fingerprint density at radius 3 is 2.00 bits per heavy atom. The molecule has 0 radical (unpaired) electrons. The largest absolute Gasteiger partial charge is 0.305 e. The minimum Gasteiger partial charge on any atom is -0.195 e. The maximum Gasteiger partial charge on any atom is 0.305 e. The van der Waals surface area contributed by atoms with Gasteiger partial charge in [0.25, 0.3) is 0 Å². The van der Waals surface area contributed by atoms with Crippen molar-refractivity contribution >= 4 is 10.2 Å². The van der Waals surface area contributed by atoms with E-state index in [1.54, 1.807) is 6.92 Å². The Hall–Kier alpha value is -0.120. The third-order valence-corrected chi connectivity index (χ3v) is 2.35. The van der Waals surface area contributed by atoms with E-state index in [1.165, 1.54) is 6.92 Å². The molecule has 0 aliphatic carbocycles. The van der Waals surface area contributed by atoms with Crippen molar-refractivity contribution in [2.24, 2.45) is 0 Å². The summed E-state index contributed by atoms with van der Waals surface area (Å²) in [5, 5.41) is -0.845. The van der Waals surface area contributed by atoms with Crippen LogP contribution in [0.3, 0.4) is 0 Å². The molecule has 0 fully saturated rings. The summed E-state index contributed by atoms with van der Waals surface area (Å²) in [4.78, 5) is 0. The Balaban J connectivity index is 4.04. The molecule has 2 nitrogen and oxygen atoms in total. The average Bonchev–Trinajstić information content (AvgIpc) is 1.62. The zero-order chi connectivity index (χ0) is 6.78. The van der Waals surface area contributed by atoms with Crippen LogP contribution < -0.4 is 0 Å². The van der Waals surface area contributed by atoms with E-state index in [0.29, 0.717) is 6.42 Å². The quantitative estimate of drug-likeness (QED) is 0.538. The SMILES string of the molecule is CC[C@@H](C)S(=O)(=O)F. The molecule has 0 aliphatic rings. The second-order valence-electron chi connectivity index (χ2n) is 1.69. The van der Waals surface area contributed by atoms with Gasteiger partial charge in [-0.25, -0.2) is 0 Å². The molecule has 0 saturated heterocycles. The molecule has 0 aromatic heterocycles. The van der Waals surface area contributed by atoms with Crippen molar-refractivity contribution in [1.82, 2.24) is 0 Å². The van der Waals surface area contributed by atoms with Crippen LogP contribution in [0.5, 0.6) is 0 Å². The molecular weight excluding hydrogens is 131 g/mol. The van der Waals surface area contributed by atoms with Crippen LogP contribution in [0.1, 0.15) is 20.3 Å². The van der Waals surface area contributed by atoms with E-state index in [1.807, 2.05) is 0 Å². The molecule has 0 aromatic carbocycles. The Morgan fingerprint density at radius 2 is 2.00 bits per heavy atom. The highest BCUT2D eigenvalue weighted by atomic mass is 32.3. The fourth-order valence-electron chi connectivity index (χ4n) is 0.199. The van der Waals surface area contributed by atoms with Gasteiger partial charge in [0, 0.05) is 0 Å². The Kier molecular flexibility index (Phi) is 2.40. The predicted octanol–water partition coefficient (Wildman–Crippen LogP) is 1.08. The van der Waals surface area contributed by atoms with Gasteiger partial charge in [-0.2, -0.15) is 8.42 Å². The molecule has 4 heteroatoms. The molecule has 0 bridgehead atoms. The smallest absolute Gasteiger partial charge is 0.195 e. The van der Waals surface area contributed by atoms with Crippen LogP contribution in [0.15, 0.2) is 0 Å². The number of hydrogen-bond acceptors (Lipinski definition) is 2. The summed E-state index contributed by atoms with van der Waals surface area (Å²) in [5.74, 6) is 0. The van der Waals surface area contributed by atoms with E-state index in [9.17, 15) is 12.3 Å². The Morgan fingerprint density at radius 1 is 1.62 bits per heavy atom. The van der Waals surface area contributed by atoms with Gasteiger partial charge in [-0.3, -0.25) is 0 Å². The van der Waals surface area contributed by atoms with Gasteiger partial charge in [-0.15, -0.1) is 3.89 Å². The molecule has 0 rings (SSSR count). The Bertz CT molecular complexity index is 149. The first-order valence-electron chi connectivity index (χ1n) is 2.42. The number of rotatable bonds is 2. The fraction of sp³-hybridized carbons (Fsp3) is 1.00. The lowest BCUT2D eigenvalue weighted by Crippen LogP contribution is -2.09. The van der Waals surface area contributed by atoms with Gasteiger partial charge in [0.15, 0.2) is 0 Å². The van der Waals surface area contributed by atoms with E-state index in [-0.39, 0.29) is 0 Å². The average molecular weight is 140 g/mol. The van der Waals surface area contributed by atoms with Gasteiger partial charge in [-0.1, -0.05) is 6.92 Å². The van der Waals surface area contributed by atoms with Gasteiger partial charge in [-0.05, 0) is 13.3 Å². The third kappa shape index (κ3) is 2.26. The van der Waals surface area contributed by atoms with Crippen molar-refractivity contribution in [2.75, 3.05) is 0 Å². The van der Waals surface area contributed by atoms with Gasteiger partial charge < -0.3 is 0 Å². The summed E-state index contributed by atoms with van der Waals surface area (Å²) in [6, 6.07) is 0. The number of halogens is 1. The molecule has 50 valence electrons. The van der Waals surface area contributed by atoms with E-state index in [0.717, 1.165) is 0 Å². The predicted molar refractivity (Wildman–Crippen MR) is 29.8 cm³/mol. The lowest BCUT2D eigenvalue weighted by atomic mass is 10.4. The van der Waals surface area contributed by atoms with Crippen molar-refractivity contribution < 1.29 is 12.3 Å². The van der Waals surface area contributed by atoms with Crippen LogP contribution in [0.2, 0.25) is 0 Å². The van der Waals surface area contributed by atoms with Crippen LogP contribution in [-0.2, 0) is 10.2 Å². The zero-order valence-corrected chi connectivity index (χ0v) is 5.70. The van der Waals surface area contributed by atoms with E-state index in [2.05, 4.69) is 0 Å². The molecule has 0 heterocycles. The molecule has 0 unspecified atom stereocenters. The van der Waals surface area contributed by atoms with Crippen molar-refractivity contribution in [2.45, 2.75) is 25.5 Å². The topological polar surface area (TPSA) is 34.1 Å². The standard InChI is InChI=1S/C4H9FO2S/c1-3-4(2)8(5,6)7/h4H,3H2,1-2H3/t4-/m1/s1. The monoisotopic (exact) mass is 140 g/mol. The fourth-order valence-corrected chi connectivity index (χ4v) is 0.597. The maximum absolute atomic E-state index is 11.8. The zero-order valence-electron chi connectivity index (χ0n) is 4.89. The summed E-state index contributed by atoms with van der Waals surface area (Å²) in [6.45, 7) is 2.97. The first-order valence-corrected chi connectivity index (χ1v) is 3.86. The second kappa shape index (κ2) is 2.44. The van der Waals surface area contributed by atoms with Gasteiger partial charge >= 0.3 is 10.2 Å². The molecule has 0 spiro atoms. The van der Waals surface area contributed by atoms with Gasteiger partial charge in [0.2, 0.25) is 0 Å². The van der Waals surface area contributed by atoms with E-state index >= 15 is 0 Å². The lowest BCUT2D eigenvalue weighted by Gasteiger charge is -1.98. The van der Waals surface area contributed by atoms with Crippen LogP contribution in [0, 0.1) is 0 Å². The molecule has 1 atom stereocenters. The molecular formula is C4H9FO2S. The summed E-state index contributed by atoms with van der Waals surface area (Å²) in [6.07, 6.45) is 0.332. The minimum absolute atomic E-state index is 0.332. The Labute approximate surface area is 48.9 Å². The first-order chi connectivity index (χ1) is 3.48. The van der Waals surface area contributed by atoms with Crippen molar-refractivity contribution in [3.8, 4) is 0 Å². The highest BCUT2D eigenvalue weighted by Gasteiger charge is 2.15. The maximum atomic E-state index is 11.8. The van der Waals surface area contributed by atoms with Crippen molar-refractivity contribution in [3.05, 3.63) is 0 Å². The second-order valence-corrected chi connectivity index (χ2v) is 3.45. The third-order valence-electron chi connectivity index (χ3n) is 1.06.